The van der Waals surface area contributed by atoms with Gasteiger partial charge >= 0.3 is 0 Å². The molecule has 2 N–H and O–H groups in total. The van der Waals surface area contributed by atoms with Gasteiger partial charge in [-0.3, -0.25) is 15.2 Å². The zero-order valence-electron chi connectivity index (χ0n) is 14.9. The van der Waals surface area contributed by atoms with Crippen LogP contribution in [0.15, 0.2) is 24.3 Å². The summed E-state index contributed by atoms with van der Waals surface area (Å²) in [6, 6.07) is 0. The van der Waals surface area contributed by atoms with Crippen LogP contribution in [0.25, 0.3) is 0 Å². The van der Waals surface area contributed by atoms with E-state index in [4.69, 9.17) is 0 Å². The van der Waals surface area contributed by atoms with E-state index in [-0.39, 0.29) is 0 Å². The quantitative estimate of drug-likeness (QED) is 0.774. The van der Waals surface area contributed by atoms with E-state index < -0.39 is 16.3 Å². The Hall–Kier alpha value is -0.206. The second kappa shape index (κ2) is 6.02. The molecule has 4 unspecified atom stereocenters. The van der Waals surface area contributed by atoms with Crippen molar-refractivity contribution in [1.29, 1.82) is 0 Å². The van der Waals surface area contributed by atoms with Crippen LogP contribution in [0.1, 0.15) is 6.42 Å². The summed E-state index contributed by atoms with van der Waals surface area (Å²) < 4.78 is 2.75. The molecule has 22 heavy (non-hydrogen) atoms. The molecule has 0 aromatic heterocycles. The molecule has 3 nitrogen and oxygen atoms in total. The van der Waals surface area contributed by atoms with Crippen molar-refractivity contribution >= 4 is 16.3 Å². The highest BCUT2D eigenvalue weighted by Gasteiger charge is 2.55. The van der Waals surface area contributed by atoms with Crippen molar-refractivity contribution in [3.8, 4) is 0 Å². The van der Waals surface area contributed by atoms with Gasteiger partial charge in [-0.15, -0.1) is 0 Å². The van der Waals surface area contributed by atoms with E-state index in [0.29, 0.717) is 0 Å². The molecule has 0 bridgehead atoms. The standard InChI is InChI=1S/C17H33N3Si2/c1-21(2,3)16-10-14-8-6-7-9-15(14)17(16)22(4,5)20-12-18-11-19-13-20/h6-9,14-19H,10-13H2,1-5H3. The minimum absolute atomic E-state index is 0.783. The summed E-state index contributed by atoms with van der Waals surface area (Å²) in [5.74, 6) is 1.58. The SMILES string of the molecule is C[Si](C)(C)C1CC2C=CC=CC2C1[Si](C)(C)N1CNCNC1. The van der Waals surface area contributed by atoms with E-state index in [1.165, 1.54) is 6.42 Å². The smallest absolute Gasteiger partial charge is 0.128 e. The number of nitrogens with one attached hydrogen (secondary N) is 2. The fraction of sp³-hybridized carbons (Fsp3) is 0.765. The van der Waals surface area contributed by atoms with Crippen molar-refractivity contribution in [2.75, 3.05) is 20.0 Å². The minimum atomic E-state index is -1.49. The van der Waals surface area contributed by atoms with E-state index in [9.17, 15) is 0 Å². The third kappa shape index (κ3) is 2.94. The summed E-state index contributed by atoms with van der Waals surface area (Å²) in [7, 11) is -2.64. The first kappa shape index (κ1) is 16.6. The number of allylic oxidation sites excluding steroid dienone is 4. The van der Waals surface area contributed by atoms with E-state index >= 15 is 0 Å². The molecule has 1 heterocycles. The summed E-state index contributed by atoms with van der Waals surface area (Å²) >= 11 is 0. The van der Waals surface area contributed by atoms with Gasteiger partial charge in [-0.1, -0.05) is 57.0 Å². The lowest BCUT2D eigenvalue weighted by molar-refractivity contribution is 0.283. The van der Waals surface area contributed by atoms with Gasteiger partial charge in [0, 0.05) is 28.1 Å². The Labute approximate surface area is 138 Å². The summed E-state index contributed by atoms with van der Waals surface area (Å²) in [4.78, 5) is 0. The predicted molar refractivity (Wildman–Crippen MR) is 101 cm³/mol. The van der Waals surface area contributed by atoms with Crippen molar-refractivity contribution in [1.82, 2.24) is 15.2 Å². The Morgan fingerprint density at radius 3 is 2.23 bits per heavy atom. The van der Waals surface area contributed by atoms with Crippen LogP contribution in [-0.4, -0.2) is 40.9 Å². The molecule has 3 aliphatic rings. The van der Waals surface area contributed by atoms with E-state index in [1.54, 1.807) is 0 Å². The molecule has 4 atom stereocenters. The summed E-state index contributed by atoms with van der Waals surface area (Å²) in [6.45, 7) is 16.1. The van der Waals surface area contributed by atoms with Gasteiger partial charge in [-0.2, -0.15) is 0 Å². The van der Waals surface area contributed by atoms with Crippen LogP contribution >= 0.6 is 0 Å². The molecule has 0 amide bonds. The van der Waals surface area contributed by atoms with Gasteiger partial charge in [0.2, 0.25) is 0 Å². The first-order chi connectivity index (χ1) is 10.3. The lowest BCUT2D eigenvalue weighted by Crippen LogP contribution is -2.64. The van der Waals surface area contributed by atoms with Crippen molar-refractivity contribution in [2.24, 2.45) is 11.8 Å². The van der Waals surface area contributed by atoms with E-state index in [1.807, 2.05) is 0 Å². The maximum absolute atomic E-state index is 3.52. The number of nitrogens with zero attached hydrogens (tertiary/aromatic N) is 1. The lowest BCUT2D eigenvalue weighted by atomic mass is 9.92. The Balaban J connectivity index is 1.92. The summed E-state index contributed by atoms with van der Waals surface area (Å²) in [5, 5.41) is 7.04. The van der Waals surface area contributed by atoms with Crippen LogP contribution in [0, 0.1) is 11.8 Å². The van der Waals surface area contributed by atoms with Crippen LogP contribution in [0.4, 0.5) is 0 Å². The van der Waals surface area contributed by atoms with Crippen molar-refractivity contribution in [3.63, 3.8) is 0 Å². The van der Waals surface area contributed by atoms with Crippen LogP contribution in [-0.2, 0) is 0 Å². The molecular weight excluding hydrogens is 302 g/mol. The van der Waals surface area contributed by atoms with Crippen LogP contribution < -0.4 is 10.6 Å². The van der Waals surface area contributed by atoms with Crippen molar-refractivity contribution in [2.45, 2.75) is 50.2 Å². The molecule has 0 aromatic rings. The van der Waals surface area contributed by atoms with Gasteiger partial charge in [0.05, 0.1) is 0 Å². The van der Waals surface area contributed by atoms with Gasteiger partial charge in [0.25, 0.3) is 0 Å². The molecule has 124 valence electrons. The van der Waals surface area contributed by atoms with E-state index in [0.717, 1.165) is 42.9 Å². The molecule has 2 fully saturated rings. The second-order valence-electron chi connectivity index (χ2n) is 8.93. The highest BCUT2D eigenvalue weighted by molar-refractivity contribution is 6.83. The Morgan fingerprint density at radius 2 is 1.59 bits per heavy atom. The highest BCUT2D eigenvalue weighted by Crippen LogP contribution is 2.59. The molecule has 3 rings (SSSR count). The maximum atomic E-state index is 3.52. The van der Waals surface area contributed by atoms with Crippen LogP contribution in [0.3, 0.4) is 0 Å². The molecule has 1 saturated carbocycles. The molecule has 1 aliphatic heterocycles. The van der Waals surface area contributed by atoms with Crippen LogP contribution in [0.2, 0.25) is 43.8 Å². The zero-order chi connectivity index (χ0) is 16.0. The first-order valence-corrected chi connectivity index (χ1v) is 15.4. The number of fused-ring (bicyclic) bond motifs is 1. The van der Waals surface area contributed by atoms with Gasteiger partial charge in [-0.05, 0) is 29.3 Å². The topological polar surface area (TPSA) is 27.3 Å². The molecule has 0 spiro atoms. The van der Waals surface area contributed by atoms with Crippen LogP contribution in [0.5, 0.6) is 0 Å². The number of hydrogen-bond donors (Lipinski definition) is 2. The minimum Gasteiger partial charge on any atom is -0.299 e. The predicted octanol–water partition coefficient (Wildman–Crippen LogP) is 3.40. The maximum Gasteiger partial charge on any atom is 0.128 e. The molecule has 0 aromatic carbocycles. The average Bonchev–Trinajstić information content (AvgIpc) is 2.88. The summed E-state index contributed by atoms with van der Waals surface area (Å²) in [5.41, 5.74) is 1.85. The Morgan fingerprint density at radius 1 is 0.955 bits per heavy atom. The second-order valence-corrected chi connectivity index (χ2v) is 19.0. The molecule has 0 radical (unpaired) electrons. The highest BCUT2D eigenvalue weighted by atomic mass is 28.3. The zero-order valence-corrected chi connectivity index (χ0v) is 16.9. The molecule has 1 saturated heterocycles. The third-order valence-electron chi connectivity index (χ3n) is 6.27. The van der Waals surface area contributed by atoms with Gasteiger partial charge in [0.1, 0.15) is 8.24 Å². The number of rotatable bonds is 3. The average molecular weight is 336 g/mol. The summed E-state index contributed by atoms with van der Waals surface area (Å²) in [6.07, 6.45) is 11.0. The van der Waals surface area contributed by atoms with Gasteiger partial charge in [0.15, 0.2) is 0 Å². The Kier molecular flexibility index (Phi) is 4.55. The van der Waals surface area contributed by atoms with Gasteiger partial charge < -0.3 is 0 Å². The van der Waals surface area contributed by atoms with E-state index in [2.05, 4.69) is 72.2 Å². The van der Waals surface area contributed by atoms with Crippen molar-refractivity contribution in [3.05, 3.63) is 24.3 Å². The molecule has 2 aliphatic carbocycles. The van der Waals surface area contributed by atoms with Crippen molar-refractivity contribution < 1.29 is 0 Å². The Bertz CT molecular complexity index is 461. The fourth-order valence-electron chi connectivity index (χ4n) is 5.00. The monoisotopic (exact) mass is 335 g/mol. The first-order valence-electron chi connectivity index (χ1n) is 8.83. The largest absolute Gasteiger partial charge is 0.299 e. The van der Waals surface area contributed by atoms with Gasteiger partial charge in [-0.25, -0.2) is 0 Å². The lowest BCUT2D eigenvalue weighted by Gasteiger charge is -2.49. The normalized spacial score (nSPS) is 36.6. The molecule has 5 heteroatoms. The molecular formula is C17H33N3Si2. The number of hydrogen-bond acceptors (Lipinski definition) is 3. The third-order valence-corrected chi connectivity index (χ3v) is 13.8. The fourth-order valence-corrected chi connectivity index (χ4v) is 13.9.